The summed E-state index contributed by atoms with van der Waals surface area (Å²) in [7, 11) is 0. The second-order valence-electron chi connectivity index (χ2n) is 7.87. The minimum absolute atomic E-state index is 0.00781. The molecule has 158 valence electrons. The summed E-state index contributed by atoms with van der Waals surface area (Å²) in [5, 5.41) is 4.12. The van der Waals surface area contributed by atoms with Gasteiger partial charge in [-0.25, -0.2) is 9.20 Å². The smallest absolute Gasteiger partial charge is 0.334 e. The van der Waals surface area contributed by atoms with Crippen molar-refractivity contribution in [2.45, 2.75) is 38.8 Å². The molecular weight excluding hydrogens is 398 g/mol. The fourth-order valence-electron chi connectivity index (χ4n) is 3.91. The van der Waals surface area contributed by atoms with Gasteiger partial charge in [-0.3, -0.25) is 9.36 Å². The van der Waals surface area contributed by atoms with Gasteiger partial charge in [-0.1, -0.05) is 35.0 Å². The summed E-state index contributed by atoms with van der Waals surface area (Å²) in [4.78, 5) is 32.8. The summed E-state index contributed by atoms with van der Waals surface area (Å²) < 4.78 is 14.2. The molecule has 1 aliphatic rings. The second kappa shape index (κ2) is 7.59. The Bertz CT molecular complexity index is 1370. The van der Waals surface area contributed by atoms with Crippen molar-refractivity contribution in [2.24, 2.45) is 0 Å². The zero-order valence-corrected chi connectivity index (χ0v) is 17.2. The Hall–Kier alpha value is -3.59. The summed E-state index contributed by atoms with van der Waals surface area (Å²) >= 11 is 0. The Labute approximate surface area is 176 Å². The Balaban J connectivity index is 1.35. The van der Waals surface area contributed by atoms with Gasteiger partial charge in [0.05, 0.1) is 12.7 Å². The minimum Gasteiger partial charge on any atom is -0.373 e. The fourth-order valence-corrected chi connectivity index (χ4v) is 3.91. The van der Waals surface area contributed by atoms with Gasteiger partial charge < -0.3 is 9.26 Å². The van der Waals surface area contributed by atoms with Crippen LogP contribution in [0.5, 0.6) is 0 Å². The lowest BCUT2D eigenvalue weighted by Crippen LogP contribution is -2.30. The van der Waals surface area contributed by atoms with E-state index in [0.717, 1.165) is 12.0 Å². The Kier molecular flexibility index (Phi) is 4.74. The molecule has 1 saturated heterocycles. The number of hydrogen-bond donors (Lipinski definition) is 0. The maximum Gasteiger partial charge on any atom is 0.334 e. The van der Waals surface area contributed by atoms with Crippen LogP contribution in [0.15, 0.2) is 56.7 Å². The molecule has 4 aromatic rings. The average Bonchev–Trinajstić information content (AvgIpc) is 3.40. The number of rotatable bonds is 4. The van der Waals surface area contributed by atoms with Crippen LogP contribution in [0.2, 0.25) is 0 Å². The molecule has 1 aliphatic heterocycles. The number of fused-ring (bicyclic) bond motifs is 1. The van der Waals surface area contributed by atoms with Crippen LogP contribution in [0.3, 0.4) is 0 Å². The third-order valence-electron chi connectivity index (χ3n) is 5.58. The third-order valence-corrected chi connectivity index (χ3v) is 5.58. The second-order valence-corrected chi connectivity index (χ2v) is 7.87. The van der Waals surface area contributed by atoms with Crippen molar-refractivity contribution in [2.75, 3.05) is 6.61 Å². The van der Waals surface area contributed by atoms with Gasteiger partial charge in [-0.2, -0.15) is 9.97 Å². The number of benzene rings is 1. The van der Waals surface area contributed by atoms with Gasteiger partial charge in [-0.05, 0) is 31.9 Å². The first-order chi connectivity index (χ1) is 15.0. The molecule has 4 heterocycles. The molecule has 0 radical (unpaired) electrons. The van der Waals surface area contributed by atoms with E-state index in [0.29, 0.717) is 29.7 Å². The van der Waals surface area contributed by atoms with E-state index in [1.807, 2.05) is 0 Å². The Morgan fingerprint density at radius 3 is 2.71 bits per heavy atom. The van der Waals surface area contributed by atoms with E-state index >= 15 is 0 Å². The van der Waals surface area contributed by atoms with Crippen LogP contribution < -0.4 is 11.2 Å². The summed E-state index contributed by atoms with van der Waals surface area (Å²) in [5.41, 5.74) is 2.47. The van der Waals surface area contributed by atoms with Crippen LogP contribution in [-0.4, -0.2) is 30.7 Å². The summed E-state index contributed by atoms with van der Waals surface area (Å²) in [6.07, 6.45) is 2.35. The molecule has 1 aromatic carbocycles. The maximum atomic E-state index is 12.8. The van der Waals surface area contributed by atoms with Crippen molar-refractivity contribution in [1.82, 2.24) is 24.1 Å². The first kappa shape index (κ1) is 19.4. The Morgan fingerprint density at radius 2 is 1.90 bits per heavy atom. The highest BCUT2D eigenvalue weighted by molar-refractivity contribution is 5.37. The average molecular weight is 419 g/mol. The lowest BCUT2D eigenvalue weighted by Gasteiger charge is -2.09. The highest BCUT2D eigenvalue weighted by atomic mass is 16.5. The molecule has 0 aliphatic carbocycles. The maximum absolute atomic E-state index is 12.8. The van der Waals surface area contributed by atoms with Gasteiger partial charge in [0.2, 0.25) is 5.89 Å². The van der Waals surface area contributed by atoms with E-state index in [9.17, 15) is 9.59 Å². The first-order valence-electron chi connectivity index (χ1n) is 10.1. The molecule has 3 aromatic heterocycles. The third kappa shape index (κ3) is 3.68. The fraction of sp³-hybridized carbons (Fsp3) is 0.318. The number of hydrogen-bond acceptors (Lipinski definition) is 7. The molecule has 9 nitrogen and oxygen atoms in total. The zero-order valence-electron chi connectivity index (χ0n) is 17.2. The van der Waals surface area contributed by atoms with E-state index in [-0.39, 0.29) is 29.8 Å². The van der Waals surface area contributed by atoms with Crippen LogP contribution in [0.25, 0.3) is 5.65 Å². The highest BCUT2D eigenvalue weighted by Crippen LogP contribution is 2.37. The summed E-state index contributed by atoms with van der Waals surface area (Å²) in [5.74, 6) is 0.954. The van der Waals surface area contributed by atoms with Crippen molar-refractivity contribution in [3.8, 4) is 0 Å². The van der Waals surface area contributed by atoms with Gasteiger partial charge in [0.25, 0.3) is 5.56 Å². The molecular formula is C22H21N5O4. The summed E-state index contributed by atoms with van der Waals surface area (Å²) in [6, 6.07) is 11.3. The van der Waals surface area contributed by atoms with Crippen molar-refractivity contribution >= 4 is 5.65 Å². The number of nitrogens with zero attached hydrogens (tertiary/aromatic N) is 5. The van der Waals surface area contributed by atoms with Gasteiger partial charge >= 0.3 is 5.69 Å². The number of aryl methyl sites for hydroxylation is 2. The monoisotopic (exact) mass is 419 g/mol. The number of ether oxygens (including phenoxy) is 1. The molecule has 0 saturated carbocycles. The Morgan fingerprint density at radius 1 is 1.10 bits per heavy atom. The van der Waals surface area contributed by atoms with E-state index < -0.39 is 0 Å². The van der Waals surface area contributed by atoms with Crippen LogP contribution in [0.4, 0.5) is 0 Å². The first-order valence-corrected chi connectivity index (χ1v) is 10.1. The van der Waals surface area contributed by atoms with Gasteiger partial charge in [0.1, 0.15) is 12.2 Å². The molecule has 2 atom stereocenters. The summed E-state index contributed by atoms with van der Waals surface area (Å²) in [6.45, 7) is 4.40. The molecule has 0 N–H and O–H groups in total. The van der Waals surface area contributed by atoms with E-state index in [4.69, 9.17) is 9.26 Å². The SMILES string of the molecule is Cc1ccc([C@H]2C[C@H](c3noc(Cn4ccc5nc(=O)cc(C)n5c4=O)n3)CO2)cc1. The van der Waals surface area contributed by atoms with Crippen molar-refractivity contribution in [1.29, 1.82) is 0 Å². The lowest BCUT2D eigenvalue weighted by atomic mass is 9.99. The molecule has 5 rings (SSSR count). The van der Waals surface area contributed by atoms with Crippen molar-refractivity contribution in [3.05, 3.63) is 92.0 Å². The molecule has 9 heteroatoms. The largest absolute Gasteiger partial charge is 0.373 e. The number of aromatic nitrogens is 5. The minimum atomic E-state index is -0.376. The normalized spacial score (nSPS) is 18.6. The predicted octanol–water partition coefficient (Wildman–Crippen LogP) is 2.15. The highest BCUT2D eigenvalue weighted by Gasteiger charge is 2.31. The van der Waals surface area contributed by atoms with Gasteiger partial charge in [-0.15, -0.1) is 0 Å². The van der Waals surface area contributed by atoms with Gasteiger partial charge in [0, 0.05) is 23.9 Å². The van der Waals surface area contributed by atoms with Crippen LogP contribution >= 0.6 is 0 Å². The zero-order chi connectivity index (χ0) is 21.5. The van der Waals surface area contributed by atoms with Crippen LogP contribution in [0, 0.1) is 13.8 Å². The van der Waals surface area contributed by atoms with Crippen LogP contribution in [-0.2, 0) is 11.3 Å². The molecule has 0 bridgehead atoms. The van der Waals surface area contributed by atoms with E-state index in [2.05, 4.69) is 46.3 Å². The predicted molar refractivity (Wildman–Crippen MR) is 111 cm³/mol. The van der Waals surface area contributed by atoms with Gasteiger partial charge in [0.15, 0.2) is 5.82 Å². The molecule has 1 fully saturated rings. The topological polar surface area (TPSA) is 105 Å². The quantitative estimate of drug-likeness (QED) is 0.499. The molecule has 0 unspecified atom stereocenters. The molecule has 0 amide bonds. The standard InChI is InChI=1S/C22H21N5O4/c1-13-3-5-15(6-4-13)17-10-16(12-30-17)21-24-20(31-25-21)11-26-8-7-18-23-19(28)9-14(2)27(18)22(26)29/h3-9,16-17H,10-12H2,1-2H3/t16-,17+/m0/s1. The van der Waals surface area contributed by atoms with Crippen molar-refractivity contribution in [3.63, 3.8) is 0 Å². The van der Waals surface area contributed by atoms with E-state index in [1.54, 1.807) is 19.2 Å². The molecule has 0 spiro atoms. The molecule has 31 heavy (non-hydrogen) atoms. The van der Waals surface area contributed by atoms with Crippen molar-refractivity contribution < 1.29 is 9.26 Å². The van der Waals surface area contributed by atoms with E-state index in [1.165, 1.54) is 20.6 Å². The lowest BCUT2D eigenvalue weighted by molar-refractivity contribution is 0.110. The van der Waals surface area contributed by atoms with Crippen LogP contribution in [0.1, 0.15) is 47.0 Å².